The zero-order chi connectivity index (χ0) is 13.4. The van der Waals surface area contributed by atoms with Crippen LogP contribution in [0.3, 0.4) is 0 Å². The number of nitrogens with two attached hydrogens (primary N) is 2. The summed E-state index contributed by atoms with van der Waals surface area (Å²) in [6.07, 6.45) is 1.66. The van der Waals surface area contributed by atoms with Gasteiger partial charge in [-0.25, -0.2) is 0 Å². The second-order valence-corrected chi connectivity index (χ2v) is 3.38. The maximum absolute atomic E-state index is 5.50. The van der Waals surface area contributed by atoms with Crippen LogP contribution < -0.4 is 26.0 Å². The predicted molar refractivity (Wildman–Crippen MR) is 70.7 cm³/mol. The maximum atomic E-state index is 5.50. The molecule has 0 spiro atoms. The molecular formula is C12H19N4O2+. The third kappa shape index (κ3) is 4.32. The number of hydrogen-bond acceptors (Lipinski definition) is 3. The molecule has 0 aliphatic carbocycles. The van der Waals surface area contributed by atoms with E-state index < -0.39 is 0 Å². The smallest absolute Gasteiger partial charge is 0.256 e. The standard InChI is InChI=1S/C12H18N4O2/c1-3-17-10-6-5-9(7-11(10)18-4-2)8-15-16-12(13)14/h5-8H,3-4H2,1-2H3,(H4,13,14,16)/p+1. The Morgan fingerprint density at radius 2 is 1.89 bits per heavy atom. The van der Waals surface area contributed by atoms with Gasteiger partial charge in [-0.2, -0.15) is 0 Å². The zero-order valence-corrected chi connectivity index (χ0v) is 10.6. The Kier molecular flexibility index (Phi) is 5.50. The monoisotopic (exact) mass is 251 g/mol. The molecule has 6 heteroatoms. The van der Waals surface area contributed by atoms with Crippen molar-refractivity contribution in [3.8, 4) is 11.5 Å². The summed E-state index contributed by atoms with van der Waals surface area (Å²) in [6, 6.07) is 5.57. The van der Waals surface area contributed by atoms with E-state index in [9.17, 15) is 0 Å². The predicted octanol–water partition coefficient (Wildman–Crippen LogP) is -0.828. The third-order valence-electron chi connectivity index (χ3n) is 1.99. The molecule has 0 bridgehead atoms. The molecular weight excluding hydrogens is 232 g/mol. The lowest BCUT2D eigenvalue weighted by Crippen LogP contribution is -2.63. The number of hydrogen-bond donors (Lipinski definition) is 3. The first kappa shape index (κ1) is 13.8. The van der Waals surface area contributed by atoms with Crippen LogP contribution in [0.1, 0.15) is 19.4 Å². The summed E-state index contributed by atoms with van der Waals surface area (Å²) in [5, 5.41) is 6.29. The van der Waals surface area contributed by atoms with Crippen LogP contribution in [0, 0.1) is 0 Å². The quantitative estimate of drug-likeness (QED) is 0.349. The molecule has 1 aromatic carbocycles. The van der Waals surface area contributed by atoms with Crippen molar-refractivity contribution < 1.29 is 14.6 Å². The van der Waals surface area contributed by atoms with Crippen molar-refractivity contribution in [1.82, 2.24) is 0 Å². The molecule has 6 nitrogen and oxygen atoms in total. The first-order valence-electron chi connectivity index (χ1n) is 5.74. The molecule has 1 aromatic rings. The van der Waals surface area contributed by atoms with Gasteiger partial charge in [0.05, 0.1) is 13.2 Å². The average molecular weight is 251 g/mol. The zero-order valence-electron chi connectivity index (χ0n) is 10.6. The highest BCUT2D eigenvalue weighted by Crippen LogP contribution is 2.27. The molecule has 18 heavy (non-hydrogen) atoms. The lowest BCUT2D eigenvalue weighted by Gasteiger charge is -2.10. The molecule has 0 aromatic heterocycles. The molecule has 0 unspecified atom stereocenters. The van der Waals surface area contributed by atoms with E-state index in [1.807, 2.05) is 32.0 Å². The summed E-state index contributed by atoms with van der Waals surface area (Å²) < 4.78 is 11.0. The summed E-state index contributed by atoms with van der Waals surface area (Å²) >= 11 is 0. The van der Waals surface area contributed by atoms with Gasteiger partial charge in [0.1, 0.15) is 0 Å². The summed E-state index contributed by atoms with van der Waals surface area (Å²) in [7, 11) is 0. The van der Waals surface area contributed by atoms with E-state index in [4.69, 9.17) is 20.9 Å². The van der Waals surface area contributed by atoms with Gasteiger partial charge in [-0.1, -0.05) is 0 Å². The fraction of sp³-hybridized carbons (Fsp3) is 0.333. The first-order chi connectivity index (χ1) is 8.67. The molecule has 0 aliphatic heterocycles. The van der Waals surface area contributed by atoms with Crippen molar-refractivity contribution >= 4 is 12.2 Å². The van der Waals surface area contributed by atoms with Crippen molar-refractivity contribution in [3.63, 3.8) is 0 Å². The molecule has 1 rings (SSSR count). The van der Waals surface area contributed by atoms with E-state index in [2.05, 4.69) is 10.2 Å². The molecule has 0 saturated carbocycles. The Balaban J connectivity index is 2.91. The van der Waals surface area contributed by atoms with Crippen LogP contribution in [0.15, 0.2) is 23.3 Å². The maximum Gasteiger partial charge on any atom is 0.256 e. The van der Waals surface area contributed by atoms with E-state index in [0.29, 0.717) is 19.0 Å². The van der Waals surface area contributed by atoms with Crippen LogP contribution in [0.5, 0.6) is 11.5 Å². The van der Waals surface area contributed by atoms with Gasteiger partial charge in [0.15, 0.2) is 11.5 Å². The van der Waals surface area contributed by atoms with Crippen LogP contribution in [-0.2, 0) is 0 Å². The van der Waals surface area contributed by atoms with Gasteiger partial charge in [-0.05, 0) is 32.0 Å². The third-order valence-corrected chi connectivity index (χ3v) is 1.99. The topological polar surface area (TPSA) is 96.8 Å². The molecule has 0 atom stereocenters. The van der Waals surface area contributed by atoms with Crippen molar-refractivity contribution in [3.05, 3.63) is 23.8 Å². The van der Waals surface area contributed by atoms with E-state index in [1.165, 1.54) is 0 Å². The van der Waals surface area contributed by atoms with Crippen molar-refractivity contribution in [2.75, 3.05) is 13.2 Å². The second-order valence-electron chi connectivity index (χ2n) is 3.38. The Morgan fingerprint density at radius 1 is 1.22 bits per heavy atom. The van der Waals surface area contributed by atoms with Crippen molar-refractivity contribution in [1.29, 1.82) is 0 Å². The number of ether oxygens (including phenoxy) is 2. The molecule has 0 saturated heterocycles. The summed E-state index contributed by atoms with van der Waals surface area (Å²) in [5.41, 5.74) is 11.3. The van der Waals surface area contributed by atoms with Gasteiger partial charge in [0, 0.05) is 10.7 Å². The van der Waals surface area contributed by atoms with Gasteiger partial charge in [-0.15, -0.1) is 5.10 Å². The molecule has 0 radical (unpaired) electrons. The minimum atomic E-state index is -0.0257. The molecule has 98 valence electrons. The Labute approximate surface area is 106 Å². The molecule has 5 N–H and O–H groups in total. The highest BCUT2D eigenvalue weighted by molar-refractivity contribution is 5.78. The van der Waals surface area contributed by atoms with Gasteiger partial charge < -0.3 is 20.9 Å². The lowest BCUT2D eigenvalue weighted by atomic mass is 10.2. The van der Waals surface area contributed by atoms with E-state index in [-0.39, 0.29) is 5.96 Å². The molecule has 0 heterocycles. The fourth-order valence-electron chi connectivity index (χ4n) is 1.34. The SMILES string of the molecule is CCOc1ccc(C=[NH+]N=C(N)N)cc1OCC. The van der Waals surface area contributed by atoms with Crippen molar-refractivity contribution in [2.45, 2.75) is 13.8 Å². The number of nitrogens with zero attached hydrogens (tertiary/aromatic N) is 1. The number of benzene rings is 1. The summed E-state index contributed by atoms with van der Waals surface area (Å²) in [4.78, 5) is 0. The Bertz CT molecular complexity index is 440. The van der Waals surface area contributed by atoms with Gasteiger partial charge in [0.25, 0.3) is 5.96 Å². The highest BCUT2D eigenvalue weighted by atomic mass is 16.5. The largest absolute Gasteiger partial charge is 0.490 e. The number of rotatable bonds is 6. The number of guanidine groups is 1. The van der Waals surface area contributed by atoms with E-state index in [0.717, 1.165) is 11.3 Å². The Hall–Kier alpha value is -2.24. The number of nitrogens with one attached hydrogen (secondary N) is 1. The summed E-state index contributed by atoms with van der Waals surface area (Å²) in [6.45, 7) is 5.01. The molecule has 0 fully saturated rings. The van der Waals surface area contributed by atoms with E-state index >= 15 is 0 Å². The Morgan fingerprint density at radius 3 is 2.50 bits per heavy atom. The molecule has 0 aliphatic rings. The first-order valence-corrected chi connectivity index (χ1v) is 5.74. The summed E-state index contributed by atoms with van der Waals surface area (Å²) in [5.74, 6) is 1.39. The molecule has 0 amide bonds. The van der Waals surface area contributed by atoms with Crippen LogP contribution >= 0.6 is 0 Å². The van der Waals surface area contributed by atoms with E-state index in [1.54, 1.807) is 6.21 Å². The normalized spacial score (nSPS) is 10.3. The van der Waals surface area contributed by atoms with Crippen LogP contribution in [-0.4, -0.2) is 25.4 Å². The lowest BCUT2D eigenvalue weighted by molar-refractivity contribution is -0.456. The van der Waals surface area contributed by atoms with Gasteiger partial charge >= 0.3 is 0 Å². The van der Waals surface area contributed by atoms with Crippen LogP contribution in [0.2, 0.25) is 0 Å². The highest BCUT2D eigenvalue weighted by Gasteiger charge is 2.06. The van der Waals surface area contributed by atoms with Crippen molar-refractivity contribution in [2.24, 2.45) is 16.6 Å². The fourth-order valence-corrected chi connectivity index (χ4v) is 1.34. The van der Waals surface area contributed by atoms with Crippen LogP contribution in [0.4, 0.5) is 0 Å². The minimum absolute atomic E-state index is 0.0257. The van der Waals surface area contributed by atoms with Gasteiger partial charge in [0.2, 0.25) is 6.21 Å². The average Bonchev–Trinajstić information content (AvgIpc) is 2.32. The number of hydrazone groups is 1. The second kappa shape index (κ2) is 7.16. The van der Waals surface area contributed by atoms with Gasteiger partial charge in [-0.3, -0.25) is 0 Å². The minimum Gasteiger partial charge on any atom is -0.490 e. The van der Waals surface area contributed by atoms with Crippen LogP contribution in [0.25, 0.3) is 0 Å².